The van der Waals surface area contributed by atoms with Crippen LogP contribution in [0, 0.1) is 13.8 Å². The highest BCUT2D eigenvalue weighted by molar-refractivity contribution is 8.00. The average Bonchev–Trinajstić information content (AvgIpc) is 3.10. The Hall–Kier alpha value is -1.21. The second kappa shape index (κ2) is 4.47. The van der Waals surface area contributed by atoms with Gasteiger partial charge in [0.25, 0.3) is 0 Å². The van der Waals surface area contributed by atoms with Crippen molar-refractivity contribution >= 4 is 29.1 Å². The molecule has 18 heavy (non-hydrogen) atoms. The van der Waals surface area contributed by atoms with Gasteiger partial charge < -0.3 is 5.73 Å². The molecule has 2 heterocycles. The van der Waals surface area contributed by atoms with Crippen LogP contribution in [0.3, 0.4) is 0 Å². The molecule has 0 aliphatic heterocycles. The molecule has 2 aromatic heterocycles. The van der Waals surface area contributed by atoms with Gasteiger partial charge in [-0.05, 0) is 50.0 Å². The summed E-state index contributed by atoms with van der Waals surface area (Å²) in [5.41, 5.74) is 6.88. The van der Waals surface area contributed by atoms with Crippen molar-refractivity contribution in [2.75, 3.05) is 5.73 Å². The van der Waals surface area contributed by atoms with E-state index >= 15 is 0 Å². The van der Waals surface area contributed by atoms with Crippen LogP contribution in [-0.4, -0.2) is 19.3 Å². The van der Waals surface area contributed by atoms with Crippen LogP contribution in [0.1, 0.15) is 36.0 Å². The van der Waals surface area contributed by atoms with Crippen molar-refractivity contribution in [1.29, 1.82) is 0 Å². The number of hydrogen-bond acceptors (Lipinski definition) is 7. The summed E-state index contributed by atoms with van der Waals surface area (Å²) in [7, 11) is 0. The van der Waals surface area contributed by atoms with E-state index in [4.69, 9.17) is 5.73 Å². The third-order valence-electron chi connectivity index (χ3n) is 2.79. The van der Waals surface area contributed by atoms with E-state index in [1.165, 1.54) is 36.1 Å². The minimum Gasteiger partial charge on any atom is -0.383 e. The maximum atomic E-state index is 5.95. The van der Waals surface area contributed by atoms with Crippen molar-refractivity contribution in [1.82, 2.24) is 19.3 Å². The molecule has 0 spiro atoms. The van der Waals surface area contributed by atoms with Crippen molar-refractivity contribution < 1.29 is 0 Å². The number of anilines is 1. The van der Waals surface area contributed by atoms with Crippen molar-refractivity contribution in [3.63, 3.8) is 0 Å². The molecule has 1 aliphatic carbocycles. The Kier molecular flexibility index (Phi) is 2.95. The van der Waals surface area contributed by atoms with Crippen molar-refractivity contribution in [2.24, 2.45) is 0 Å². The highest BCUT2D eigenvalue weighted by atomic mass is 32.2. The van der Waals surface area contributed by atoms with Gasteiger partial charge in [-0.1, -0.05) is 0 Å². The molecule has 3 rings (SSSR count). The molecule has 0 bridgehead atoms. The van der Waals surface area contributed by atoms with Crippen LogP contribution in [0.5, 0.6) is 0 Å². The normalized spacial score (nSPS) is 15.0. The predicted molar refractivity (Wildman–Crippen MR) is 71.9 cm³/mol. The summed E-state index contributed by atoms with van der Waals surface area (Å²) in [4.78, 5) is 13.3. The smallest absolute Gasteiger partial charge is 0.176 e. The van der Waals surface area contributed by atoms with E-state index in [-0.39, 0.29) is 0 Å². The van der Waals surface area contributed by atoms with Crippen LogP contribution in [0.15, 0.2) is 9.37 Å². The van der Waals surface area contributed by atoms with E-state index in [1.54, 1.807) is 0 Å². The molecule has 2 N–H and O–H groups in total. The van der Waals surface area contributed by atoms with Gasteiger partial charge >= 0.3 is 0 Å². The minimum atomic E-state index is 0.503. The molecule has 7 heteroatoms. The summed E-state index contributed by atoms with van der Waals surface area (Å²) in [6.45, 7) is 3.83. The molecule has 0 amide bonds. The zero-order valence-electron chi connectivity index (χ0n) is 10.2. The Morgan fingerprint density at radius 3 is 2.61 bits per heavy atom. The fourth-order valence-corrected chi connectivity index (χ4v) is 3.22. The largest absolute Gasteiger partial charge is 0.383 e. The van der Waals surface area contributed by atoms with Crippen LogP contribution < -0.4 is 5.73 Å². The molecular weight excluding hydrogens is 266 g/mol. The van der Waals surface area contributed by atoms with Gasteiger partial charge in [-0.25, -0.2) is 15.0 Å². The zero-order valence-corrected chi connectivity index (χ0v) is 11.8. The second-order valence-corrected chi connectivity index (χ2v) is 6.37. The first kappa shape index (κ1) is 11.9. The Morgan fingerprint density at radius 2 is 2.00 bits per heavy atom. The van der Waals surface area contributed by atoms with E-state index < -0.39 is 0 Å². The molecule has 0 radical (unpaired) electrons. The lowest BCUT2D eigenvalue weighted by Gasteiger charge is -2.07. The summed E-state index contributed by atoms with van der Waals surface area (Å²) < 4.78 is 5.07. The third-order valence-corrected chi connectivity index (χ3v) is 4.72. The lowest BCUT2D eigenvalue weighted by Crippen LogP contribution is -2.03. The number of hydrogen-bond donors (Lipinski definition) is 1. The summed E-state index contributed by atoms with van der Waals surface area (Å²) in [5.74, 6) is 2.76. The van der Waals surface area contributed by atoms with Crippen LogP contribution >= 0.6 is 23.3 Å². The highest BCUT2D eigenvalue weighted by Crippen LogP contribution is 2.40. The Bertz CT molecular complexity index is 591. The maximum absolute atomic E-state index is 5.95. The van der Waals surface area contributed by atoms with Crippen molar-refractivity contribution in [3.8, 4) is 0 Å². The standard InChI is InChI=1S/C11H13N5S2/c1-5-8(12)14-9(7-3-4-7)15-10(5)17-11-13-6(2)16-18-11/h7H,3-4H2,1-2H3,(H2,12,14,15). The Labute approximate surface area is 113 Å². The van der Waals surface area contributed by atoms with Crippen LogP contribution in [0.25, 0.3) is 0 Å². The van der Waals surface area contributed by atoms with Crippen LogP contribution in [0.4, 0.5) is 5.82 Å². The molecule has 94 valence electrons. The summed E-state index contributed by atoms with van der Waals surface area (Å²) >= 11 is 2.91. The van der Waals surface area contributed by atoms with E-state index in [1.807, 2.05) is 13.8 Å². The first-order valence-corrected chi connectivity index (χ1v) is 7.34. The van der Waals surface area contributed by atoms with Gasteiger partial charge in [0.05, 0.1) is 0 Å². The first-order chi connectivity index (χ1) is 8.63. The van der Waals surface area contributed by atoms with E-state index in [9.17, 15) is 0 Å². The number of nitrogens with two attached hydrogens (primary N) is 1. The van der Waals surface area contributed by atoms with Gasteiger partial charge in [0.2, 0.25) is 0 Å². The summed E-state index contributed by atoms with van der Waals surface area (Å²) in [5, 5.41) is 0.903. The number of rotatable bonds is 3. The van der Waals surface area contributed by atoms with Gasteiger partial charge in [0.1, 0.15) is 22.5 Å². The third kappa shape index (κ3) is 2.32. The molecule has 0 aromatic carbocycles. The Balaban J connectivity index is 1.94. The van der Waals surface area contributed by atoms with Gasteiger partial charge in [-0.15, -0.1) is 0 Å². The topological polar surface area (TPSA) is 77.6 Å². The van der Waals surface area contributed by atoms with Gasteiger partial charge in [0, 0.05) is 11.5 Å². The predicted octanol–water partition coefficient (Wildman–Crippen LogP) is 2.56. The number of aryl methyl sites for hydroxylation is 1. The molecule has 5 nitrogen and oxygen atoms in total. The van der Waals surface area contributed by atoms with E-state index in [2.05, 4.69) is 19.3 Å². The number of nitrogens with zero attached hydrogens (tertiary/aromatic N) is 4. The Morgan fingerprint density at radius 1 is 1.22 bits per heavy atom. The van der Waals surface area contributed by atoms with Gasteiger partial charge in [-0.2, -0.15) is 4.37 Å². The summed E-state index contributed by atoms with van der Waals surface area (Å²) in [6, 6.07) is 0. The first-order valence-electron chi connectivity index (χ1n) is 5.75. The molecule has 0 saturated heterocycles. The molecule has 1 saturated carbocycles. The maximum Gasteiger partial charge on any atom is 0.176 e. The van der Waals surface area contributed by atoms with Crippen LogP contribution in [-0.2, 0) is 0 Å². The number of aromatic nitrogens is 4. The molecule has 1 fully saturated rings. The quantitative estimate of drug-likeness (QED) is 0.870. The molecule has 1 aliphatic rings. The lowest BCUT2D eigenvalue weighted by atomic mass is 10.3. The fraction of sp³-hybridized carbons (Fsp3) is 0.455. The zero-order chi connectivity index (χ0) is 12.7. The van der Waals surface area contributed by atoms with Gasteiger partial charge in [-0.3, -0.25) is 0 Å². The SMILES string of the molecule is Cc1nsc(Sc2nc(C3CC3)nc(N)c2C)n1. The summed E-state index contributed by atoms with van der Waals surface area (Å²) in [6.07, 6.45) is 2.34. The molecule has 0 unspecified atom stereocenters. The van der Waals surface area contributed by atoms with Crippen molar-refractivity contribution in [3.05, 3.63) is 17.2 Å². The average molecular weight is 279 g/mol. The molecule has 0 atom stereocenters. The van der Waals surface area contributed by atoms with E-state index in [0.717, 1.165) is 26.6 Å². The minimum absolute atomic E-state index is 0.503. The number of nitrogen functional groups attached to an aromatic ring is 1. The molecular formula is C11H13N5S2. The highest BCUT2D eigenvalue weighted by Gasteiger charge is 2.28. The van der Waals surface area contributed by atoms with Gasteiger partial charge in [0.15, 0.2) is 4.34 Å². The van der Waals surface area contributed by atoms with E-state index in [0.29, 0.717) is 11.7 Å². The fourth-order valence-electron chi connectivity index (χ4n) is 1.56. The molecule has 2 aromatic rings. The monoisotopic (exact) mass is 279 g/mol. The van der Waals surface area contributed by atoms with Crippen LogP contribution in [0.2, 0.25) is 0 Å². The lowest BCUT2D eigenvalue weighted by molar-refractivity contribution is 0.868. The second-order valence-electron chi connectivity index (χ2n) is 4.38. The van der Waals surface area contributed by atoms with Crippen molar-refractivity contribution in [2.45, 2.75) is 42.0 Å².